The van der Waals surface area contributed by atoms with Crippen LogP contribution in [-0.4, -0.2) is 34.8 Å². The molecule has 124 valence electrons. The number of alkyl halides is 6. The van der Waals surface area contributed by atoms with Crippen molar-refractivity contribution in [2.75, 3.05) is 5.43 Å². The van der Waals surface area contributed by atoms with Crippen molar-refractivity contribution in [1.29, 1.82) is 0 Å². The van der Waals surface area contributed by atoms with Crippen molar-refractivity contribution >= 4 is 58.1 Å². The van der Waals surface area contributed by atoms with Crippen LogP contribution < -0.4 is 5.43 Å². The second-order valence-corrected chi connectivity index (χ2v) is 6.48. The van der Waals surface area contributed by atoms with Gasteiger partial charge in [-0.3, -0.25) is 5.43 Å². The monoisotopic (exact) mass is 407 g/mol. The number of tetrazole rings is 1. The molecule has 23 heavy (non-hydrogen) atoms. The molecule has 0 aliphatic carbocycles. The predicted octanol–water partition coefficient (Wildman–Crippen LogP) is 3.38. The topological polar surface area (TPSA) is 80.9 Å². The first-order chi connectivity index (χ1) is 10.6. The fraction of sp³-hybridized carbons (Fsp3) is 0.222. The van der Waals surface area contributed by atoms with Crippen LogP contribution in [0.25, 0.3) is 0 Å². The maximum atomic E-state index is 12.9. The molecule has 0 aromatic carbocycles. The minimum Gasteiger partial charge on any atom is -0.258 e. The van der Waals surface area contributed by atoms with Gasteiger partial charge in [-0.2, -0.15) is 23.0 Å². The molecule has 0 saturated heterocycles. The number of halogens is 7. The molecule has 0 fully saturated rings. The van der Waals surface area contributed by atoms with Gasteiger partial charge in [0.1, 0.15) is 0 Å². The quantitative estimate of drug-likeness (QED) is 0.356. The predicted molar refractivity (Wildman–Crippen MR) is 78.8 cm³/mol. The van der Waals surface area contributed by atoms with E-state index in [2.05, 4.69) is 31.0 Å². The summed E-state index contributed by atoms with van der Waals surface area (Å²) in [6, 6.07) is 3.01. The maximum Gasteiger partial charge on any atom is 0.453 e. The Balaban J connectivity index is 2.46. The van der Waals surface area contributed by atoms with Gasteiger partial charge in [0.2, 0.25) is 5.84 Å². The molecule has 2 heterocycles. The van der Waals surface area contributed by atoms with Crippen molar-refractivity contribution < 1.29 is 13.2 Å². The van der Waals surface area contributed by atoms with Crippen LogP contribution in [-0.2, 0) is 6.18 Å². The van der Waals surface area contributed by atoms with Crippen molar-refractivity contribution in [2.45, 2.75) is 9.97 Å². The first-order valence-corrected chi connectivity index (χ1v) is 6.99. The standard InChI is InChI=1S/C9H4Cl4F3N7/c10-4-2-1-3-17-5(4)18-19-6(8(11,12)13)23-7(9(14,15)16)20-21-22-23/h1-3H,(H,17,18)/b19-6+. The van der Waals surface area contributed by atoms with Gasteiger partial charge in [0.05, 0.1) is 5.02 Å². The Morgan fingerprint density at radius 3 is 2.52 bits per heavy atom. The van der Waals surface area contributed by atoms with E-state index < -0.39 is 21.6 Å². The van der Waals surface area contributed by atoms with Crippen LogP contribution in [0.1, 0.15) is 5.82 Å². The van der Waals surface area contributed by atoms with Crippen LogP contribution in [0.4, 0.5) is 19.0 Å². The average Bonchev–Trinajstić information content (AvgIpc) is 2.88. The number of hydrogen-bond acceptors (Lipinski definition) is 6. The minimum absolute atomic E-state index is 0.0301. The molecule has 0 radical (unpaired) electrons. The summed E-state index contributed by atoms with van der Waals surface area (Å²) in [5.41, 5.74) is 2.29. The minimum atomic E-state index is -4.89. The van der Waals surface area contributed by atoms with E-state index in [1.807, 2.05) is 0 Å². The smallest absolute Gasteiger partial charge is 0.258 e. The fourth-order valence-corrected chi connectivity index (χ4v) is 1.84. The van der Waals surface area contributed by atoms with Crippen LogP contribution in [0.15, 0.2) is 23.4 Å². The first-order valence-electron chi connectivity index (χ1n) is 5.48. The zero-order chi connectivity index (χ0) is 17.3. The Labute approximate surface area is 146 Å². The van der Waals surface area contributed by atoms with Crippen molar-refractivity contribution in [3.05, 3.63) is 29.2 Å². The lowest BCUT2D eigenvalue weighted by Gasteiger charge is -2.16. The van der Waals surface area contributed by atoms with Crippen LogP contribution in [0.5, 0.6) is 0 Å². The Bertz CT molecular complexity index is 724. The van der Waals surface area contributed by atoms with Gasteiger partial charge < -0.3 is 0 Å². The average molecular weight is 409 g/mol. The SMILES string of the molecule is FC(F)(F)c1nnnn1/C(=N/Nc1ncccc1Cl)C(Cl)(Cl)Cl. The highest BCUT2D eigenvalue weighted by Gasteiger charge is 2.43. The second-order valence-electron chi connectivity index (χ2n) is 3.79. The van der Waals surface area contributed by atoms with Crippen LogP contribution >= 0.6 is 46.4 Å². The van der Waals surface area contributed by atoms with E-state index in [0.29, 0.717) is 0 Å². The molecule has 0 aliphatic heterocycles. The lowest BCUT2D eigenvalue weighted by atomic mass is 10.5. The molecular weight excluding hydrogens is 405 g/mol. The molecule has 0 amide bonds. The van der Waals surface area contributed by atoms with E-state index in [0.717, 1.165) is 0 Å². The van der Waals surface area contributed by atoms with Crippen molar-refractivity contribution in [1.82, 2.24) is 25.2 Å². The third-order valence-electron chi connectivity index (χ3n) is 2.20. The summed E-state index contributed by atoms with van der Waals surface area (Å²) in [5.74, 6) is -2.24. The number of pyridine rings is 1. The van der Waals surface area contributed by atoms with Gasteiger partial charge in [-0.25, -0.2) is 4.98 Å². The molecule has 0 atom stereocenters. The number of aromatic nitrogens is 5. The zero-order valence-corrected chi connectivity index (χ0v) is 13.6. The zero-order valence-electron chi connectivity index (χ0n) is 10.6. The van der Waals surface area contributed by atoms with Gasteiger partial charge in [0.15, 0.2) is 5.82 Å². The summed E-state index contributed by atoms with van der Waals surface area (Å²) >= 11 is 22.8. The van der Waals surface area contributed by atoms with E-state index in [1.54, 1.807) is 0 Å². The summed E-state index contributed by atoms with van der Waals surface area (Å²) in [6.07, 6.45) is -3.51. The van der Waals surface area contributed by atoms with E-state index in [9.17, 15) is 13.2 Å². The summed E-state index contributed by atoms with van der Waals surface area (Å²) in [4.78, 5) is 3.82. The van der Waals surface area contributed by atoms with Crippen LogP contribution in [0.3, 0.4) is 0 Å². The number of nitrogens with one attached hydrogen (secondary N) is 1. The van der Waals surface area contributed by atoms with Crippen LogP contribution in [0, 0.1) is 0 Å². The summed E-state index contributed by atoms with van der Waals surface area (Å²) < 4.78 is 36.3. The molecule has 0 bridgehead atoms. The molecule has 0 spiro atoms. The third-order valence-corrected chi connectivity index (χ3v) is 3.02. The molecule has 2 aromatic heterocycles. The molecule has 2 aromatic rings. The van der Waals surface area contributed by atoms with Gasteiger partial charge in [0, 0.05) is 6.20 Å². The molecule has 0 unspecified atom stereocenters. The highest BCUT2D eigenvalue weighted by molar-refractivity contribution is 6.76. The molecule has 0 aliphatic rings. The summed E-state index contributed by atoms with van der Waals surface area (Å²) in [6.45, 7) is 0. The number of hydrazone groups is 1. The molecule has 14 heteroatoms. The summed E-state index contributed by atoms with van der Waals surface area (Å²) in [7, 11) is 0. The Morgan fingerprint density at radius 1 is 1.26 bits per heavy atom. The number of rotatable bonds is 2. The Kier molecular flexibility index (Phi) is 5.19. The van der Waals surface area contributed by atoms with Gasteiger partial charge in [-0.05, 0) is 22.6 Å². The van der Waals surface area contributed by atoms with E-state index >= 15 is 0 Å². The summed E-state index contributed by atoms with van der Waals surface area (Å²) in [5, 5.41) is 12.6. The molecule has 1 N–H and O–H groups in total. The highest BCUT2D eigenvalue weighted by atomic mass is 35.6. The molecule has 7 nitrogen and oxygen atoms in total. The Hall–Kier alpha value is -1.36. The van der Waals surface area contributed by atoms with E-state index in [-0.39, 0.29) is 15.5 Å². The third kappa shape index (κ3) is 4.34. The van der Waals surface area contributed by atoms with E-state index in [1.165, 1.54) is 18.3 Å². The lowest BCUT2D eigenvalue weighted by molar-refractivity contribution is -0.146. The van der Waals surface area contributed by atoms with Crippen molar-refractivity contribution in [3.8, 4) is 0 Å². The van der Waals surface area contributed by atoms with Gasteiger partial charge >= 0.3 is 6.18 Å². The van der Waals surface area contributed by atoms with Crippen LogP contribution in [0.2, 0.25) is 5.02 Å². The Morgan fingerprint density at radius 2 is 1.96 bits per heavy atom. The van der Waals surface area contributed by atoms with E-state index in [4.69, 9.17) is 46.4 Å². The largest absolute Gasteiger partial charge is 0.453 e. The number of anilines is 1. The highest BCUT2D eigenvalue weighted by Crippen LogP contribution is 2.32. The molecular formula is C9H4Cl4F3N7. The number of hydrogen-bond donors (Lipinski definition) is 1. The van der Waals surface area contributed by atoms with Gasteiger partial charge in [-0.15, -0.1) is 5.10 Å². The first kappa shape index (κ1) is 18.0. The maximum absolute atomic E-state index is 12.9. The van der Waals surface area contributed by atoms with Gasteiger partial charge in [0.25, 0.3) is 9.62 Å². The molecule has 0 saturated carbocycles. The second kappa shape index (κ2) is 6.63. The lowest BCUT2D eigenvalue weighted by Crippen LogP contribution is -2.33. The van der Waals surface area contributed by atoms with Crippen molar-refractivity contribution in [2.24, 2.45) is 5.10 Å². The molecule has 2 rings (SSSR count). The van der Waals surface area contributed by atoms with Gasteiger partial charge in [-0.1, -0.05) is 46.4 Å². The number of nitrogens with zero attached hydrogens (tertiary/aromatic N) is 6. The van der Waals surface area contributed by atoms with Crippen molar-refractivity contribution in [3.63, 3.8) is 0 Å². The normalized spacial score (nSPS) is 13.3. The fourth-order valence-electron chi connectivity index (χ4n) is 1.31.